The van der Waals surface area contributed by atoms with E-state index in [0.29, 0.717) is 11.0 Å². The highest BCUT2D eigenvalue weighted by Gasteiger charge is 2.45. The molecule has 1 saturated carbocycles. The van der Waals surface area contributed by atoms with Crippen molar-refractivity contribution in [2.75, 3.05) is 18.5 Å². The van der Waals surface area contributed by atoms with Gasteiger partial charge in [0.25, 0.3) is 0 Å². The van der Waals surface area contributed by atoms with Gasteiger partial charge in [-0.25, -0.2) is 4.79 Å². The van der Waals surface area contributed by atoms with Crippen LogP contribution in [0.4, 0.5) is 5.69 Å². The third-order valence-corrected chi connectivity index (χ3v) is 4.08. The minimum atomic E-state index is -0.842. The number of aromatic carboxylic acids is 1. The Bertz CT molecular complexity index is 463. The zero-order valence-electron chi connectivity index (χ0n) is 9.36. The summed E-state index contributed by atoms with van der Waals surface area (Å²) in [7, 11) is 2.05. The van der Waals surface area contributed by atoms with E-state index in [1.54, 1.807) is 6.07 Å². The number of rotatable bonds is 1. The molecule has 0 amide bonds. The van der Waals surface area contributed by atoms with Crippen LogP contribution in [-0.4, -0.2) is 24.7 Å². The summed E-state index contributed by atoms with van der Waals surface area (Å²) in [4.78, 5) is 13.1. The molecule has 1 heterocycles. The largest absolute Gasteiger partial charge is 0.478 e. The van der Waals surface area contributed by atoms with Crippen molar-refractivity contribution in [2.45, 2.75) is 24.7 Å². The van der Waals surface area contributed by atoms with E-state index >= 15 is 0 Å². The maximum absolute atomic E-state index is 10.9. The van der Waals surface area contributed by atoms with Gasteiger partial charge < -0.3 is 10.0 Å². The fraction of sp³-hybridized carbons (Fsp3) is 0.462. The maximum atomic E-state index is 10.9. The van der Waals surface area contributed by atoms with E-state index in [1.807, 2.05) is 12.1 Å². The van der Waals surface area contributed by atoms with Gasteiger partial charge in [-0.1, -0.05) is 12.5 Å². The fourth-order valence-corrected chi connectivity index (χ4v) is 3.08. The Morgan fingerprint density at radius 2 is 2.19 bits per heavy atom. The molecule has 0 atom stereocenters. The fourth-order valence-electron chi connectivity index (χ4n) is 3.08. The summed E-state index contributed by atoms with van der Waals surface area (Å²) < 4.78 is 0. The highest BCUT2D eigenvalue weighted by Crippen LogP contribution is 2.52. The van der Waals surface area contributed by atoms with Crippen molar-refractivity contribution in [1.82, 2.24) is 0 Å². The lowest BCUT2D eigenvalue weighted by Gasteiger charge is -2.38. The highest BCUT2D eigenvalue weighted by atomic mass is 16.4. The van der Waals surface area contributed by atoms with Crippen molar-refractivity contribution in [1.29, 1.82) is 0 Å². The Kier molecular flexibility index (Phi) is 1.82. The summed E-state index contributed by atoms with van der Waals surface area (Å²) in [6.45, 7) is 1.05. The standard InChI is InChI=1S/C13H15NO2/c1-14-8-13(5-2-6-13)10-4-3-9(12(15)16)7-11(10)14/h3-4,7H,2,5-6,8H2,1H3,(H,15,16). The second-order valence-corrected chi connectivity index (χ2v) is 5.03. The molecular formula is C13H15NO2. The molecule has 0 aromatic heterocycles. The molecule has 1 aliphatic heterocycles. The molecule has 1 spiro atoms. The summed E-state index contributed by atoms with van der Waals surface area (Å²) in [5, 5.41) is 8.99. The molecule has 84 valence electrons. The van der Waals surface area contributed by atoms with Crippen LogP contribution in [0.2, 0.25) is 0 Å². The van der Waals surface area contributed by atoms with Gasteiger partial charge in [-0.05, 0) is 30.5 Å². The molecule has 3 heteroatoms. The first-order valence-electron chi connectivity index (χ1n) is 5.71. The molecule has 1 N–H and O–H groups in total. The summed E-state index contributed by atoms with van der Waals surface area (Å²) in [6.07, 6.45) is 3.79. The predicted octanol–water partition coefficient (Wildman–Crippen LogP) is 2.26. The van der Waals surface area contributed by atoms with Crippen molar-refractivity contribution in [3.63, 3.8) is 0 Å². The van der Waals surface area contributed by atoms with Crippen molar-refractivity contribution in [2.24, 2.45) is 0 Å². The first kappa shape index (κ1) is 9.70. The normalized spacial score (nSPS) is 20.7. The van der Waals surface area contributed by atoms with Crippen LogP contribution < -0.4 is 4.90 Å². The third-order valence-electron chi connectivity index (χ3n) is 4.08. The lowest BCUT2D eigenvalue weighted by Crippen LogP contribution is -2.38. The van der Waals surface area contributed by atoms with Crippen LogP contribution in [0.25, 0.3) is 0 Å². The molecule has 0 saturated heterocycles. The number of hydrogen-bond donors (Lipinski definition) is 1. The molecule has 0 bridgehead atoms. The van der Waals surface area contributed by atoms with Gasteiger partial charge in [0.1, 0.15) is 0 Å². The van der Waals surface area contributed by atoms with Crippen LogP contribution in [-0.2, 0) is 5.41 Å². The number of carbonyl (C=O) groups is 1. The minimum Gasteiger partial charge on any atom is -0.478 e. The molecular weight excluding hydrogens is 202 g/mol. The molecule has 1 fully saturated rings. The van der Waals surface area contributed by atoms with Crippen LogP contribution in [0.15, 0.2) is 18.2 Å². The zero-order chi connectivity index (χ0) is 11.3. The molecule has 3 nitrogen and oxygen atoms in total. The van der Waals surface area contributed by atoms with Gasteiger partial charge >= 0.3 is 5.97 Å². The number of fused-ring (bicyclic) bond motifs is 2. The predicted molar refractivity (Wildman–Crippen MR) is 62.2 cm³/mol. The first-order valence-corrected chi connectivity index (χ1v) is 5.71. The van der Waals surface area contributed by atoms with Crippen LogP contribution in [0.3, 0.4) is 0 Å². The van der Waals surface area contributed by atoms with Gasteiger partial charge in [0.2, 0.25) is 0 Å². The summed E-state index contributed by atoms with van der Waals surface area (Å²) >= 11 is 0. The van der Waals surface area contributed by atoms with Crippen LogP contribution in [0.5, 0.6) is 0 Å². The molecule has 1 aliphatic carbocycles. The molecule has 2 aliphatic rings. The number of carboxylic acid groups (broad SMARTS) is 1. The number of anilines is 1. The smallest absolute Gasteiger partial charge is 0.335 e. The van der Waals surface area contributed by atoms with E-state index in [-0.39, 0.29) is 0 Å². The van der Waals surface area contributed by atoms with Gasteiger partial charge in [0, 0.05) is 24.7 Å². The van der Waals surface area contributed by atoms with E-state index in [4.69, 9.17) is 5.11 Å². The molecule has 0 unspecified atom stereocenters. The summed E-state index contributed by atoms with van der Waals surface area (Å²) in [5.74, 6) is -0.842. The highest BCUT2D eigenvalue weighted by molar-refractivity contribution is 5.89. The Labute approximate surface area is 94.7 Å². The molecule has 3 rings (SSSR count). The quantitative estimate of drug-likeness (QED) is 0.784. The third kappa shape index (κ3) is 1.11. The Balaban J connectivity index is 2.10. The van der Waals surface area contributed by atoms with Crippen LogP contribution >= 0.6 is 0 Å². The topological polar surface area (TPSA) is 40.5 Å². The average molecular weight is 217 g/mol. The van der Waals surface area contributed by atoms with E-state index in [0.717, 1.165) is 12.2 Å². The van der Waals surface area contributed by atoms with Gasteiger partial charge in [-0.2, -0.15) is 0 Å². The molecule has 1 aromatic carbocycles. The van der Waals surface area contributed by atoms with E-state index in [1.165, 1.54) is 24.8 Å². The molecule has 1 aromatic rings. The SMILES string of the molecule is CN1CC2(CCC2)c2ccc(C(=O)O)cc21. The molecule has 16 heavy (non-hydrogen) atoms. The number of carboxylic acids is 1. The number of likely N-dealkylation sites (N-methyl/N-ethyl adjacent to an activating group) is 1. The van der Waals surface area contributed by atoms with Crippen molar-refractivity contribution < 1.29 is 9.90 Å². The lowest BCUT2D eigenvalue weighted by molar-refractivity contribution is 0.0697. The Morgan fingerprint density at radius 1 is 1.44 bits per heavy atom. The van der Waals surface area contributed by atoms with Crippen molar-refractivity contribution in [3.8, 4) is 0 Å². The van der Waals surface area contributed by atoms with Crippen LogP contribution in [0.1, 0.15) is 35.2 Å². The second-order valence-electron chi connectivity index (χ2n) is 5.03. The van der Waals surface area contributed by atoms with Crippen LogP contribution in [0, 0.1) is 0 Å². The lowest BCUT2D eigenvalue weighted by atomic mass is 9.66. The Hall–Kier alpha value is -1.51. The van der Waals surface area contributed by atoms with Gasteiger partial charge in [0.05, 0.1) is 5.56 Å². The van der Waals surface area contributed by atoms with Gasteiger partial charge in [0.15, 0.2) is 0 Å². The minimum absolute atomic E-state index is 0.334. The Morgan fingerprint density at radius 3 is 2.75 bits per heavy atom. The summed E-state index contributed by atoms with van der Waals surface area (Å²) in [6, 6.07) is 5.56. The number of hydrogen-bond acceptors (Lipinski definition) is 2. The van der Waals surface area contributed by atoms with Crippen molar-refractivity contribution in [3.05, 3.63) is 29.3 Å². The average Bonchev–Trinajstić information content (AvgIpc) is 2.51. The van der Waals surface area contributed by atoms with E-state index in [9.17, 15) is 4.79 Å². The maximum Gasteiger partial charge on any atom is 0.335 e. The number of benzene rings is 1. The van der Waals surface area contributed by atoms with Gasteiger partial charge in [-0.3, -0.25) is 0 Å². The zero-order valence-corrected chi connectivity index (χ0v) is 9.36. The number of nitrogens with zero attached hydrogens (tertiary/aromatic N) is 1. The molecule has 0 radical (unpaired) electrons. The van der Waals surface area contributed by atoms with Gasteiger partial charge in [-0.15, -0.1) is 0 Å². The van der Waals surface area contributed by atoms with E-state index in [2.05, 4.69) is 11.9 Å². The monoisotopic (exact) mass is 217 g/mol. The summed E-state index contributed by atoms with van der Waals surface area (Å²) in [5.41, 5.74) is 3.19. The second kappa shape index (κ2) is 3.00. The van der Waals surface area contributed by atoms with E-state index < -0.39 is 5.97 Å². The first-order chi connectivity index (χ1) is 7.62. The van der Waals surface area contributed by atoms with Crippen molar-refractivity contribution >= 4 is 11.7 Å².